The van der Waals surface area contributed by atoms with Crippen molar-refractivity contribution in [3.05, 3.63) is 33.8 Å². The topological polar surface area (TPSA) is 48.6 Å². The summed E-state index contributed by atoms with van der Waals surface area (Å²) in [5.74, 6) is 0. The molecule has 3 nitrogen and oxygen atoms in total. The maximum absolute atomic E-state index is 11.1. The Morgan fingerprint density at radius 1 is 1.33 bits per heavy atom. The molecule has 0 atom stereocenters. The van der Waals surface area contributed by atoms with Crippen LogP contribution in [0.1, 0.15) is 24.6 Å². The van der Waals surface area contributed by atoms with Crippen molar-refractivity contribution in [2.45, 2.75) is 26.7 Å². The zero-order valence-electron chi connectivity index (χ0n) is 7.48. The lowest BCUT2D eigenvalue weighted by Gasteiger charge is -1.89. The highest BCUT2D eigenvalue weighted by atomic mass is 16.1. The summed E-state index contributed by atoms with van der Waals surface area (Å²) >= 11 is 0. The van der Waals surface area contributed by atoms with Crippen molar-refractivity contribution in [1.82, 2.24) is 10.2 Å². The van der Waals surface area contributed by atoms with Gasteiger partial charge in [0.05, 0.1) is 0 Å². The Morgan fingerprint density at radius 2 is 2.08 bits per heavy atom. The first-order valence-electron chi connectivity index (χ1n) is 4.16. The summed E-state index contributed by atoms with van der Waals surface area (Å²) in [6.07, 6.45) is 5.82. The molecule has 3 heteroatoms. The van der Waals surface area contributed by atoms with Gasteiger partial charge in [0.25, 0.3) is 5.56 Å². The summed E-state index contributed by atoms with van der Waals surface area (Å²) in [5, 5.41) is 5.34. The number of allylic oxidation sites excluding steroid dienone is 2. The van der Waals surface area contributed by atoms with Crippen molar-refractivity contribution in [1.29, 1.82) is 0 Å². The molecule has 1 aromatic heterocycles. The molecule has 1 heterocycles. The molecule has 0 aliphatic heterocycles. The van der Waals surface area contributed by atoms with Gasteiger partial charge in [-0.3, -0.25) is 9.89 Å². The van der Waals surface area contributed by atoms with Crippen LogP contribution in [0.4, 0.5) is 0 Å². The molecule has 66 valence electrons. The van der Waals surface area contributed by atoms with Crippen LogP contribution in [0.2, 0.25) is 0 Å². The number of aromatic nitrogens is 2. The molecule has 0 aliphatic rings. The second-order valence-corrected chi connectivity index (χ2v) is 2.77. The van der Waals surface area contributed by atoms with Crippen molar-refractivity contribution in [3.63, 3.8) is 0 Å². The standard InChI is InChI=1S/C9H14N2O/c1-3-4-5-6-8-7(2)10-11-9(8)12/h4-5H,3,6H2,1-2H3,(H2,10,11,12)/b5-4-. The van der Waals surface area contributed by atoms with E-state index in [0.29, 0.717) is 0 Å². The Labute approximate surface area is 71.5 Å². The average Bonchev–Trinajstić information content (AvgIpc) is 2.35. The average molecular weight is 166 g/mol. The normalized spacial score (nSPS) is 11.2. The lowest BCUT2D eigenvalue weighted by atomic mass is 10.2. The van der Waals surface area contributed by atoms with Gasteiger partial charge in [-0.2, -0.15) is 0 Å². The van der Waals surface area contributed by atoms with Gasteiger partial charge in [0.1, 0.15) is 0 Å². The van der Waals surface area contributed by atoms with Crippen molar-refractivity contribution in [3.8, 4) is 0 Å². The summed E-state index contributed by atoms with van der Waals surface area (Å²) in [5.41, 5.74) is 1.76. The van der Waals surface area contributed by atoms with Crippen LogP contribution in [0, 0.1) is 6.92 Å². The van der Waals surface area contributed by atoms with Gasteiger partial charge >= 0.3 is 0 Å². The molecule has 2 N–H and O–H groups in total. The third-order valence-electron chi connectivity index (χ3n) is 1.81. The highest BCUT2D eigenvalue weighted by molar-refractivity contribution is 5.17. The third kappa shape index (κ3) is 1.87. The van der Waals surface area contributed by atoms with Crippen molar-refractivity contribution in [2.75, 3.05) is 0 Å². The molecule has 0 aliphatic carbocycles. The smallest absolute Gasteiger partial charge is 0.267 e. The molecule has 0 bridgehead atoms. The van der Waals surface area contributed by atoms with Crippen LogP contribution >= 0.6 is 0 Å². The summed E-state index contributed by atoms with van der Waals surface area (Å²) < 4.78 is 0. The number of hydrogen-bond donors (Lipinski definition) is 2. The number of aryl methyl sites for hydroxylation is 1. The highest BCUT2D eigenvalue weighted by Gasteiger charge is 2.01. The predicted molar refractivity (Wildman–Crippen MR) is 49.3 cm³/mol. The number of H-pyrrole nitrogens is 2. The van der Waals surface area contributed by atoms with Crippen molar-refractivity contribution < 1.29 is 0 Å². The molecular weight excluding hydrogens is 152 g/mol. The van der Waals surface area contributed by atoms with E-state index in [0.717, 1.165) is 24.1 Å². The van der Waals surface area contributed by atoms with Crippen LogP contribution in [0.15, 0.2) is 16.9 Å². The van der Waals surface area contributed by atoms with Crippen LogP contribution in [0.25, 0.3) is 0 Å². The monoisotopic (exact) mass is 166 g/mol. The Morgan fingerprint density at radius 3 is 2.58 bits per heavy atom. The fourth-order valence-corrected chi connectivity index (χ4v) is 1.09. The van der Waals surface area contributed by atoms with E-state index in [2.05, 4.69) is 23.2 Å². The van der Waals surface area contributed by atoms with E-state index < -0.39 is 0 Å². The van der Waals surface area contributed by atoms with Crippen LogP contribution < -0.4 is 5.56 Å². The van der Waals surface area contributed by atoms with E-state index in [1.807, 2.05) is 13.0 Å². The van der Waals surface area contributed by atoms with E-state index >= 15 is 0 Å². The van der Waals surface area contributed by atoms with Gasteiger partial charge in [-0.15, -0.1) is 0 Å². The largest absolute Gasteiger partial charge is 0.302 e. The molecule has 12 heavy (non-hydrogen) atoms. The lowest BCUT2D eigenvalue weighted by Crippen LogP contribution is -2.04. The first-order chi connectivity index (χ1) is 5.75. The summed E-state index contributed by atoms with van der Waals surface area (Å²) in [6.45, 7) is 3.97. The molecule has 0 saturated carbocycles. The molecule has 1 rings (SSSR count). The fourth-order valence-electron chi connectivity index (χ4n) is 1.09. The fraction of sp³-hybridized carbons (Fsp3) is 0.444. The van der Waals surface area contributed by atoms with Crippen LogP contribution in [0.5, 0.6) is 0 Å². The molecule has 0 unspecified atom stereocenters. The quantitative estimate of drug-likeness (QED) is 0.657. The number of aromatic amines is 2. The first-order valence-corrected chi connectivity index (χ1v) is 4.16. The van der Waals surface area contributed by atoms with Crippen molar-refractivity contribution >= 4 is 0 Å². The van der Waals surface area contributed by atoms with E-state index in [9.17, 15) is 4.79 Å². The molecule has 0 saturated heterocycles. The van der Waals surface area contributed by atoms with E-state index in [1.165, 1.54) is 0 Å². The molecular formula is C9H14N2O. The van der Waals surface area contributed by atoms with Crippen molar-refractivity contribution in [2.24, 2.45) is 0 Å². The van der Waals surface area contributed by atoms with Crippen LogP contribution in [-0.4, -0.2) is 10.2 Å². The molecule has 0 aromatic carbocycles. The minimum atomic E-state index is -0.00625. The minimum Gasteiger partial charge on any atom is -0.302 e. The number of nitrogens with one attached hydrogen (secondary N) is 2. The SMILES string of the molecule is CC/C=C\Cc1c(C)[nH][nH]c1=O. The molecule has 0 amide bonds. The van der Waals surface area contributed by atoms with Gasteiger partial charge in [0.15, 0.2) is 0 Å². The molecule has 0 spiro atoms. The van der Waals surface area contributed by atoms with Gasteiger partial charge in [-0.05, 0) is 19.8 Å². The zero-order valence-corrected chi connectivity index (χ0v) is 7.48. The van der Waals surface area contributed by atoms with Gasteiger partial charge in [0, 0.05) is 11.3 Å². The number of hydrogen-bond acceptors (Lipinski definition) is 1. The third-order valence-corrected chi connectivity index (χ3v) is 1.81. The van der Waals surface area contributed by atoms with Gasteiger partial charge in [-0.25, -0.2) is 0 Å². The molecule has 0 fully saturated rings. The Bertz CT molecular complexity index is 320. The second-order valence-electron chi connectivity index (χ2n) is 2.77. The second kappa shape index (κ2) is 3.95. The van der Waals surface area contributed by atoms with E-state index in [1.54, 1.807) is 0 Å². The predicted octanol–water partition coefficient (Wildman–Crippen LogP) is 1.52. The summed E-state index contributed by atoms with van der Waals surface area (Å²) in [6, 6.07) is 0. The van der Waals surface area contributed by atoms with E-state index in [4.69, 9.17) is 0 Å². The number of rotatable bonds is 3. The summed E-state index contributed by atoms with van der Waals surface area (Å²) in [4.78, 5) is 11.1. The maximum atomic E-state index is 11.1. The zero-order chi connectivity index (χ0) is 8.97. The summed E-state index contributed by atoms with van der Waals surface area (Å²) in [7, 11) is 0. The highest BCUT2D eigenvalue weighted by Crippen LogP contribution is 1.98. The molecule has 1 aromatic rings. The van der Waals surface area contributed by atoms with Crippen LogP contribution in [0.3, 0.4) is 0 Å². The van der Waals surface area contributed by atoms with E-state index in [-0.39, 0.29) is 5.56 Å². The first kappa shape index (κ1) is 8.84. The Balaban J connectivity index is 2.74. The Hall–Kier alpha value is -1.25. The van der Waals surface area contributed by atoms with Gasteiger partial charge in [-0.1, -0.05) is 19.1 Å². The van der Waals surface area contributed by atoms with Gasteiger partial charge in [0.2, 0.25) is 0 Å². The van der Waals surface area contributed by atoms with Crippen LogP contribution in [-0.2, 0) is 6.42 Å². The maximum Gasteiger partial charge on any atom is 0.267 e. The Kier molecular flexibility index (Phi) is 2.91. The molecule has 0 radical (unpaired) electrons. The van der Waals surface area contributed by atoms with Gasteiger partial charge < -0.3 is 5.10 Å². The minimum absolute atomic E-state index is 0.00625. The lowest BCUT2D eigenvalue weighted by molar-refractivity contribution is 1.02.